The summed E-state index contributed by atoms with van der Waals surface area (Å²) in [6.07, 6.45) is 7.33. The number of allylic oxidation sites excluding steroid dienone is 2. The van der Waals surface area contributed by atoms with E-state index >= 15 is 0 Å². The fourth-order valence-electron chi connectivity index (χ4n) is 2.71. The van der Waals surface area contributed by atoms with Gasteiger partial charge in [-0.05, 0) is 17.9 Å². The molecule has 0 aliphatic carbocycles. The normalized spacial score (nSPS) is 19.1. The van der Waals surface area contributed by atoms with Crippen LogP contribution in [0.2, 0.25) is 0 Å². The molecule has 0 bridgehead atoms. The highest BCUT2D eigenvalue weighted by atomic mass is 16.6. The minimum absolute atomic E-state index is 0.115. The summed E-state index contributed by atoms with van der Waals surface area (Å²) in [5.41, 5.74) is 0.929. The second-order valence-electron chi connectivity index (χ2n) is 6.02. The zero-order valence-electron chi connectivity index (χ0n) is 13.9. The monoisotopic (exact) mass is 315 g/mol. The average Bonchev–Trinajstić information content (AvgIpc) is 2.94. The maximum absolute atomic E-state index is 12.5. The summed E-state index contributed by atoms with van der Waals surface area (Å²) >= 11 is 0. The van der Waals surface area contributed by atoms with Gasteiger partial charge in [-0.3, -0.25) is 4.79 Å². The van der Waals surface area contributed by atoms with Crippen molar-refractivity contribution >= 4 is 12.0 Å². The Hall–Kier alpha value is -2.10. The van der Waals surface area contributed by atoms with E-state index in [2.05, 4.69) is 19.1 Å². The fourth-order valence-corrected chi connectivity index (χ4v) is 2.71. The van der Waals surface area contributed by atoms with Crippen LogP contribution in [0.3, 0.4) is 0 Å². The molecule has 0 radical (unpaired) electrons. The number of nitrogens with zero attached hydrogens (tertiary/aromatic N) is 1. The molecule has 23 heavy (non-hydrogen) atoms. The number of ether oxygens (including phenoxy) is 1. The molecule has 1 heterocycles. The van der Waals surface area contributed by atoms with Crippen LogP contribution in [0.1, 0.15) is 51.1 Å². The Morgan fingerprint density at radius 1 is 1.39 bits per heavy atom. The highest BCUT2D eigenvalue weighted by Gasteiger charge is 2.38. The van der Waals surface area contributed by atoms with Crippen LogP contribution in [0.5, 0.6) is 0 Å². The Kier molecular flexibility index (Phi) is 6.39. The molecule has 1 fully saturated rings. The molecule has 4 heteroatoms. The van der Waals surface area contributed by atoms with Crippen molar-refractivity contribution in [2.24, 2.45) is 5.92 Å². The molecule has 2 atom stereocenters. The largest absolute Gasteiger partial charge is 0.446 e. The molecule has 1 saturated heterocycles. The lowest BCUT2D eigenvalue weighted by Gasteiger charge is -2.20. The van der Waals surface area contributed by atoms with Crippen LogP contribution in [0, 0.1) is 5.92 Å². The zero-order chi connectivity index (χ0) is 16.7. The Morgan fingerprint density at radius 2 is 2.13 bits per heavy atom. The van der Waals surface area contributed by atoms with Crippen molar-refractivity contribution in [1.82, 2.24) is 4.90 Å². The van der Waals surface area contributed by atoms with Crippen molar-refractivity contribution in [2.45, 2.75) is 45.6 Å². The van der Waals surface area contributed by atoms with E-state index in [1.165, 1.54) is 4.90 Å². The SMILES string of the molecule is CCCC/C=C/[C@H](C)CC(=O)N1C(=O)OC[C@H]1c1ccccc1. The van der Waals surface area contributed by atoms with E-state index in [0.29, 0.717) is 6.42 Å². The maximum atomic E-state index is 12.5. The van der Waals surface area contributed by atoms with E-state index < -0.39 is 6.09 Å². The number of hydrogen-bond acceptors (Lipinski definition) is 3. The lowest BCUT2D eigenvalue weighted by molar-refractivity contribution is -0.129. The third-order valence-electron chi connectivity index (χ3n) is 4.01. The Balaban J connectivity index is 1.99. The van der Waals surface area contributed by atoms with Crippen molar-refractivity contribution in [2.75, 3.05) is 6.61 Å². The maximum Gasteiger partial charge on any atom is 0.417 e. The predicted molar refractivity (Wildman–Crippen MR) is 89.8 cm³/mol. The van der Waals surface area contributed by atoms with Crippen molar-refractivity contribution in [3.63, 3.8) is 0 Å². The first-order valence-electron chi connectivity index (χ1n) is 8.34. The van der Waals surface area contributed by atoms with Gasteiger partial charge in [-0.2, -0.15) is 0 Å². The van der Waals surface area contributed by atoms with Gasteiger partial charge in [0.15, 0.2) is 0 Å². The fraction of sp³-hybridized carbons (Fsp3) is 0.474. The van der Waals surface area contributed by atoms with E-state index in [9.17, 15) is 9.59 Å². The molecule has 0 unspecified atom stereocenters. The van der Waals surface area contributed by atoms with Crippen LogP contribution >= 0.6 is 0 Å². The van der Waals surface area contributed by atoms with Gasteiger partial charge in [0.2, 0.25) is 5.91 Å². The molecule has 2 amide bonds. The second-order valence-corrected chi connectivity index (χ2v) is 6.02. The number of carbonyl (C=O) groups excluding carboxylic acids is 2. The van der Waals surface area contributed by atoms with Crippen molar-refractivity contribution in [1.29, 1.82) is 0 Å². The summed E-state index contributed by atoms with van der Waals surface area (Å²) in [6, 6.07) is 9.24. The molecule has 1 aromatic carbocycles. The summed E-state index contributed by atoms with van der Waals surface area (Å²) < 4.78 is 5.10. The minimum Gasteiger partial charge on any atom is -0.446 e. The number of unbranched alkanes of at least 4 members (excludes halogenated alkanes) is 2. The van der Waals surface area contributed by atoms with Crippen LogP contribution < -0.4 is 0 Å². The lowest BCUT2D eigenvalue weighted by atomic mass is 10.0. The molecular formula is C19H25NO3. The quantitative estimate of drug-likeness (QED) is 0.550. The molecule has 0 N–H and O–H groups in total. The summed E-state index contributed by atoms with van der Waals surface area (Å²) in [6.45, 7) is 4.39. The van der Waals surface area contributed by atoms with Crippen LogP contribution in [0.15, 0.2) is 42.5 Å². The molecule has 1 aliphatic heterocycles. The van der Waals surface area contributed by atoms with Gasteiger partial charge in [0, 0.05) is 6.42 Å². The Morgan fingerprint density at radius 3 is 2.83 bits per heavy atom. The molecule has 124 valence electrons. The summed E-state index contributed by atoms with van der Waals surface area (Å²) in [5.74, 6) is -0.0572. The van der Waals surface area contributed by atoms with Crippen LogP contribution in [-0.2, 0) is 9.53 Å². The number of benzene rings is 1. The molecule has 0 saturated carbocycles. The van der Waals surface area contributed by atoms with E-state index in [4.69, 9.17) is 4.74 Å². The van der Waals surface area contributed by atoms with Crippen LogP contribution in [-0.4, -0.2) is 23.5 Å². The van der Waals surface area contributed by atoms with Gasteiger partial charge in [-0.25, -0.2) is 9.69 Å². The molecule has 0 aromatic heterocycles. The molecule has 1 aliphatic rings. The Labute approximate surface area is 138 Å². The zero-order valence-corrected chi connectivity index (χ0v) is 13.9. The first-order valence-corrected chi connectivity index (χ1v) is 8.34. The first-order chi connectivity index (χ1) is 11.1. The number of hydrogen-bond donors (Lipinski definition) is 0. The van der Waals surface area contributed by atoms with Crippen molar-refractivity contribution in [3.05, 3.63) is 48.0 Å². The standard InChI is InChI=1S/C19H25NO3/c1-3-4-5-7-10-15(2)13-18(21)20-17(14-23-19(20)22)16-11-8-6-9-12-16/h6-12,15,17H,3-5,13-14H2,1-2H3/b10-7+/t15-,17-/m0/s1. The smallest absolute Gasteiger partial charge is 0.417 e. The molecule has 2 rings (SSSR count). The van der Waals surface area contributed by atoms with Gasteiger partial charge >= 0.3 is 6.09 Å². The lowest BCUT2D eigenvalue weighted by Crippen LogP contribution is -2.34. The van der Waals surface area contributed by atoms with Crippen molar-refractivity contribution in [3.8, 4) is 0 Å². The molecule has 4 nitrogen and oxygen atoms in total. The average molecular weight is 315 g/mol. The third-order valence-corrected chi connectivity index (χ3v) is 4.01. The number of cyclic esters (lactones) is 1. The summed E-state index contributed by atoms with van der Waals surface area (Å²) in [4.78, 5) is 25.7. The molecular weight excluding hydrogens is 290 g/mol. The van der Waals surface area contributed by atoms with E-state index in [1.54, 1.807) is 0 Å². The highest BCUT2D eigenvalue weighted by molar-refractivity contribution is 5.93. The number of amides is 2. The topological polar surface area (TPSA) is 46.6 Å². The summed E-state index contributed by atoms with van der Waals surface area (Å²) in [7, 11) is 0. The molecule has 1 aromatic rings. The predicted octanol–water partition coefficient (Wildman–Crippen LogP) is 4.48. The van der Waals surface area contributed by atoms with Gasteiger partial charge in [0.25, 0.3) is 0 Å². The number of rotatable bonds is 7. The molecule has 0 spiro atoms. The van der Waals surface area contributed by atoms with Gasteiger partial charge in [-0.1, -0.05) is 69.2 Å². The second kappa shape index (κ2) is 8.51. The number of imide groups is 1. The van der Waals surface area contributed by atoms with Crippen LogP contribution in [0.25, 0.3) is 0 Å². The summed E-state index contributed by atoms with van der Waals surface area (Å²) in [5, 5.41) is 0. The minimum atomic E-state index is -0.536. The van der Waals surface area contributed by atoms with Crippen molar-refractivity contribution < 1.29 is 14.3 Å². The highest BCUT2D eigenvalue weighted by Crippen LogP contribution is 2.29. The van der Waals surface area contributed by atoms with E-state index in [0.717, 1.165) is 24.8 Å². The van der Waals surface area contributed by atoms with Gasteiger partial charge < -0.3 is 4.74 Å². The van der Waals surface area contributed by atoms with Gasteiger partial charge in [-0.15, -0.1) is 0 Å². The van der Waals surface area contributed by atoms with Crippen LogP contribution in [0.4, 0.5) is 4.79 Å². The van der Waals surface area contributed by atoms with Gasteiger partial charge in [0.05, 0.1) is 0 Å². The number of carbonyl (C=O) groups is 2. The first kappa shape index (κ1) is 17.3. The Bertz CT molecular complexity index is 553. The van der Waals surface area contributed by atoms with E-state index in [-0.39, 0.29) is 24.5 Å². The van der Waals surface area contributed by atoms with Gasteiger partial charge in [0.1, 0.15) is 12.6 Å². The van der Waals surface area contributed by atoms with E-state index in [1.807, 2.05) is 37.3 Å². The third kappa shape index (κ3) is 4.68.